The van der Waals surface area contributed by atoms with Crippen LogP contribution in [0.4, 0.5) is 0 Å². The van der Waals surface area contributed by atoms with Crippen LogP contribution in [0.15, 0.2) is 36.4 Å². The Kier molecular flexibility index (Phi) is 6.56. The Labute approximate surface area is 193 Å². The highest BCUT2D eigenvalue weighted by Gasteiger charge is 2.28. The molecular formula is C24H28Cl2N4O. The standard InChI is InChI=1S/C24H28Cl2N4O/c1-4-28-9-11-29(12-10-28)24(31)17(3)30-22-15-20(26)19(25)14-21(22)27-23(30)13-18-7-5-16(2)6-8-18/h5-8,14-15,17H,4,9-13H2,1-3H3/t17-/m1/s1. The van der Waals surface area contributed by atoms with Crippen molar-refractivity contribution in [1.82, 2.24) is 19.4 Å². The van der Waals surface area contributed by atoms with Gasteiger partial charge in [-0.1, -0.05) is 60.0 Å². The van der Waals surface area contributed by atoms with Gasteiger partial charge in [-0.25, -0.2) is 4.98 Å². The van der Waals surface area contributed by atoms with Crippen molar-refractivity contribution in [3.05, 3.63) is 63.4 Å². The van der Waals surface area contributed by atoms with Crippen LogP contribution in [0.5, 0.6) is 0 Å². The fourth-order valence-electron chi connectivity index (χ4n) is 4.24. The smallest absolute Gasteiger partial charge is 0.245 e. The number of likely N-dealkylation sites (N-methyl/N-ethyl adjacent to an activating group) is 1. The monoisotopic (exact) mass is 458 g/mol. The molecule has 0 unspecified atom stereocenters. The van der Waals surface area contributed by atoms with Gasteiger partial charge in [-0.3, -0.25) is 4.79 Å². The molecule has 3 aromatic rings. The van der Waals surface area contributed by atoms with E-state index >= 15 is 0 Å². The van der Waals surface area contributed by atoms with Gasteiger partial charge in [0.25, 0.3) is 0 Å². The molecule has 0 spiro atoms. The maximum Gasteiger partial charge on any atom is 0.245 e. The Hall–Kier alpha value is -2.08. The zero-order chi connectivity index (χ0) is 22.1. The van der Waals surface area contributed by atoms with E-state index in [1.165, 1.54) is 5.56 Å². The van der Waals surface area contributed by atoms with E-state index in [-0.39, 0.29) is 11.9 Å². The van der Waals surface area contributed by atoms with Gasteiger partial charge in [-0.15, -0.1) is 0 Å². The van der Waals surface area contributed by atoms with Crippen molar-refractivity contribution in [2.45, 2.75) is 33.2 Å². The van der Waals surface area contributed by atoms with Crippen molar-refractivity contribution in [3.63, 3.8) is 0 Å². The quantitative estimate of drug-likeness (QED) is 0.541. The lowest BCUT2D eigenvalue weighted by atomic mass is 10.1. The first kappa shape index (κ1) is 22.1. The van der Waals surface area contributed by atoms with Crippen LogP contribution in [0.2, 0.25) is 10.0 Å². The summed E-state index contributed by atoms with van der Waals surface area (Å²) in [6, 6.07) is 11.6. The predicted molar refractivity (Wildman–Crippen MR) is 127 cm³/mol. The second-order valence-corrected chi connectivity index (χ2v) is 9.07. The zero-order valence-electron chi connectivity index (χ0n) is 18.2. The number of amides is 1. The average molecular weight is 459 g/mol. The number of imidazole rings is 1. The van der Waals surface area contributed by atoms with Gasteiger partial charge in [0.05, 0.1) is 21.1 Å². The summed E-state index contributed by atoms with van der Waals surface area (Å²) in [7, 11) is 0. The zero-order valence-corrected chi connectivity index (χ0v) is 19.7. The molecule has 1 atom stereocenters. The Morgan fingerprint density at radius 3 is 2.35 bits per heavy atom. The number of piperazine rings is 1. The van der Waals surface area contributed by atoms with Gasteiger partial charge in [0.2, 0.25) is 5.91 Å². The lowest BCUT2D eigenvalue weighted by Gasteiger charge is -2.35. The van der Waals surface area contributed by atoms with Gasteiger partial charge in [0.1, 0.15) is 11.9 Å². The van der Waals surface area contributed by atoms with Gasteiger partial charge in [0, 0.05) is 32.6 Å². The molecular weight excluding hydrogens is 431 g/mol. The molecule has 0 aliphatic carbocycles. The summed E-state index contributed by atoms with van der Waals surface area (Å²) in [5.41, 5.74) is 3.96. The maximum absolute atomic E-state index is 13.4. The summed E-state index contributed by atoms with van der Waals surface area (Å²) in [4.78, 5) is 22.6. The molecule has 0 bridgehead atoms. The van der Waals surface area contributed by atoms with E-state index in [1.807, 2.05) is 22.5 Å². The Bertz CT molecular complexity index is 1090. The van der Waals surface area contributed by atoms with Crippen LogP contribution in [-0.4, -0.2) is 58.0 Å². The highest BCUT2D eigenvalue weighted by atomic mass is 35.5. The summed E-state index contributed by atoms with van der Waals surface area (Å²) < 4.78 is 2.03. The largest absolute Gasteiger partial charge is 0.338 e. The Morgan fingerprint density at radius 2 is 1.71 bits per heavy atom. The van der Waals surface area contributed by atoms with E-state index < -0.39 is 0 Å². The molecule has 0 saturated carbocycles. The lowest BCUT2D eigenvalue weighted by Crippen LogP contribution is -2.50. The van der Waals surface area contributed by atoms with Crippen LogP contribution >= 0.6 is 23.2 Å². The van der Waals surface area contributed by atoms with Crippen LogP contribution in [0, 0.1) is 6.92 Å². The number of carbonyl (C=O) groups is 1. The molecule has 0 N–H and O–H groups in total. The third-order valence-corrected chi connectivity index (χ3v) is 6.89. The van der Waals surface area contributed by atoms with E-state index in [1.54, 1.807) is 6.07 Å². The first-order chi connectivity index (χ1) is 14.9. The third kappa shape index (κ3) is 4.59. The van der Waals surface area contributed by atoms with Crippen LogP contribution in [0.25, 0.3) is 11.0 Å². The summed E-state index contributed by atoms with van der Waals surface area (Å²) in [6.07, 6.45) is 0.630. The van der Waals surface area contributed by atoms with Gasteiger partial charge < -0.3 is 14.4 Å². The first-order valence-corrected chi connectivity index (χ1v) is 11.6. The number of halogens is 2. The molecule has 2 heterocycles. The van der Waals surface area contributed by atoms with Crippen LogP contribution in [0.1, 0.15) is 36.8 Å². The number of carbonyl (C=O) groups excluding carboxylic acids is 1. The molecule has 2 aromatic carbocycles. The highest BCUT2D eigenvalue weighted by molar-refractivity contribution is 6.42. The van der Waals surface area contributed by atoms with Crippen LogP contribution in [0.3, 0.4) is 0 Å². The molecule has 164 valence electrons. The molecule has 5 nitrogen and oxygen atoms in total. The number of hydrogen-bond donors (Lipinski definition) is 0. The van der Waals surface area contributed by atoms with Crippen molar-refractivity contribution < 1.29 is 4.79 Å². The summed E-state index contributed by atoms with van der Waals surface area (Å²) in [5.74, 6) is 0.955. The molecule has 1 saturated heterocycles. The van der Waals surface area contributed by atoms with Crippen molar-refractivity contribution in [1.29, 1.82) is 0 Å². The van der Waals surface area contributed by atoms with Crippen molar-refractivity contribution in [2.24, 2.45) is 0 Å². The Morgan fingerprint density at radius 1 is 1.06 bits per heavy atom. The molecule has 1 aliphatic rings. The second-order valence-electron chi connectivity index (χ2n) is 8.25. The molecule has 1 fully saturated rings. The predicted octanol–water partition coefficient (Wildman–Crippen LogP) is 4.97. The fraction of sp³-hybridized carbons (Fsp3) is 0.417. The normalized spacial score (nSPS) is 16.1. The molecule has 1 aromatic heterocycles. The third-order valence-electron chi connectivity index (χ3n) is 6.16. The summed E-state index contributed by atoms with van der Waals surface area (Å²) >= 11 is 12.6. The number of fused-ring (bicyclic) bond motifs is 1. The summed E-state index contributed by atoms with van der Waals surface area (Å²) in [6.45, 7) is 10.5. The van der Waals surface area contributed by atoms with E-state index in [0.717, 1.165) is 55.1 Å². The topological polar surface area (TPSA) is 41.4 Å². The Balaban J connectivity index is 1.70. The average Bonchev–Trinajstić information content (AvgIpc) is 3.11. The van der Waals surface area contributed by atoms with E-state index in [4.69, 9.17) is 28.2 Å². The van der Waals surface area contributed by atoms with Crippen molar-refractivity contribution in [2.75, 3.05) is 32.7 Å². The summed E-state index contributed by atoms with van der Waals surface area (Å²) in [5, 5.41) is 0.934. The lowest BCUT2D eigenvalue weighted by molar-refractivity contribution is -0.136. The van der Waals surface area contributed by atoms with Gasteiger partial charge in [-0.2, -0.15) is 0 Å². The van der Waals surface area contributed by atoms with Crippen molar-refractivity contribution >= 4 is 40.1 Å². The first-order valence-electron chi connectivity index (χ1n) is 10.8. The number of benzene rings is 2. The van der Waals surface area contributed by atoms with Crippen LogP contribution < -0.4 is 0 Å². The van der Waals surface area contributed by atoms with Crippen LogP contribution in [-0.2, 0) is 11.2 Å². The molecule has 7 heteroatoms. The molecule has 0 radical (unpaired) electrons. The fourth-order valence-corrected chi connectivity index (χ4v) is 4.56. The van der Waals surface area contributed by atoms with E-state index in [9.17, 15) is 4.79 Å². The van der Waals surface area contributed by atoms with E-state index in [0.29, 0.717) is 16.5 Å². The number of rotatable bonds is 5. The molecule has 31 heavy (non-hydrogen) atoms. The highest BCUT2D eigenvalue weighted by Crippen LogP contribution is 2.31. The molecule has 1 amide bonds. The van der Waals surface area contributed by atoms with Gasteiger partial charge in [0.15, 0.2) is 0 Å². The minimum absolute atomic E-state index is 0.117. The minimum Gasteiger partial charge on any atom is -0.338 e. The minimum atomic E-state index is -0.379. The molecule has 4 rings (SSSR count). The number of hydrogen-bond acceptors (Lipinski definition) is 3. The second kappa shape index (κ2) is 9.19. The maximum atomic E-state index is 13.4. The number of aromatic nitrogens is 2. The van der Waals surface area contributed by atoms with Gasteiger partial charge >= 0.3 is 0 Å². The molecule has 1 aliphatic heterocycles. The van der Waals surface area contributed by atoms with Crippen molar-refractivity contribution in [3.8, 4) is 0 Å². The van der Waals surface area contributed by atoms with E-state index in [2.05, 4.69) is 43.0 Å². The number of nitrogens with zero attached hydrogens (tertiary/aromatic N) is 4. The number of aryl methyl sites for hydroxylation is 1. The van der Waals surface area contributed by atoms with Gasteiger partial charge in [-0.05, 0) is 38.1 Å². The SMILES string of the molecule is CCN1CCN(C(=O)[C@@H](C)n2c(Cc3ccc(C)cc3)nc3cc(Cl)c(Cl)cc32)CC1.